The van der Waals surface area contributed by atoms with Gasteiger partial charge in [0.1, 0.15) is 23.6 Å². The summed E-state index contributed by atoms with van der Waals surface area (Å²) in [6, 6.07) is 11.9. The van der Waals surface area contributed by atoms with Gasteiger partial charge in [-0.1, -0.05) is 17.3 Å². The van der Waals surface area contributed by atoms with Gasteiger partial charge in [0.05, 0.1) is 11.7 Å². The molecular weight excluding hydrogens is 352 g/mol. The predicted octanol–water partition coefficient (Wildman–Crippen LogP) is 4.40. The molecule has 0 spiro atoms. The van der Waals surface area contributed by atoms with Gasteiger partial charge in [-0.2, -0.15) is 0 Å². The maximum absolute atomic E-state index is 13.7. The quantitative estimate of drug-likeness (QED) is 0.698. The van der Waals surface area contributed by atoms with E-state index in [0.29, 0.717) is 12.1 Å². The number of nitrogens with one attached hydrogen (secondary N) is 1. The number of amides is 1. The Morgan fingerprint density at radius 2 is 2.04 bits per heavy atom. The fourth-order valence-corrected chi connectivity index (χ4v) is 2.68. The second-order valence-electron chi connectivity index (χ2n) is 6.29. The Morgan fingerprint density at radius 1 is 1.22 bits per heavy atom. The van der Waals surface area contributed by atoms with Gasteiger partial charge < -0.3 is 9.84 Å². The highest BCUT2D eigenvalue weighted by atomic mass is 19.1. The molecule has 3 aromatic rings. The summed E-state index contributed by atoms with van der Waals surface area (Å²) in [4.78, 5) is 14.5. The molecule has 0 bridgehead atoms. The van der Waals surface area contributed by atoms with Crippen LogP contribution in [0.4, 0.5) is 14.5 Å². The third-order valence-corrected chi connectivity index (χ3v) is 4.35. The van der Waals surface area contributed by atoms with Crippen LogP contribution >= 0.6 is 0 Å². The Labute approximate surface area is 155 Å². The van der Waals surface area contributed by atoms with Gasteiger partial charge in [0.15, 0.2) is 0 Å². The molecule has 1 amide bonds. The van der Waals surface area contributed by atoms with Gasteiger partial charge in [-0.15, -0.1) is 0 Å². The Bertz CT molecular complexity index is 929. The number of carbonyl (C=O) groups excluding carboxylic acids is 1. The Balaban J connectivity index is 1.70. The summed E-state index contributed by atoms with van der Waals surface area (Å²) in [7, 11) is 1.94. The first-order valence-electron chi connectivity index (χ1n) is 8.40. The van der Waals surface area contributed by atoms with Crippen molar-refractivity contribution >= 4 is 11.6 Å². The molecule has 1 unspecified atom stereocenters. The van der Waals surface area contributed by atoms with Crippen LogP contribution in [-0.4, -0.2) is 23.0 Å². The van der Waals surface area contributed by atoms with E-state index in [9.17, 15) is 13.6 Å². The van der Waals surface area contributed by atoms with Gasteiger partial charge in [-0.25, -0.2) is 8.78 Å². The number of carbonyl (C=O) groups is 1. The zero-order valence-electron chi connectivity index (χ0n) is 14.9. The number of hydrogen-bond donors (Lipinski definition) is 1. The lowest BCUT2D eigenvalue weighted by Crippen LogP contribution is -2.22. The van der Waals surface area contributed by atoms with Gasteiger partial charge in [0.2, 0.25) is 0 Å². The molecule has 1 heterocycles. The summed E-state index contributed by atoms with van der Waals surface area (Å²) in [5, 5.41) is 6.41. The van der Waals surface area contributed by atoms with Crippen LogP contribution in [-0.2, 0) is 6.54 Å². The topological polar surface area (TPSA) is 58.4 Å². The van der Waals surface area contributed by atoms with Crippen molar-refractivity contribution in [3.63, 3.8) is 0 Å². The molecule has 0 aliphatic carbocycles. The van der Waals surface area contributed by atoms with Crippen molar-refractivity contribution < 1.29 is 18.1 Å². The van der Waals surface area contributed by atoms with E-state index in [4.69, 9.17) is 4.52 Å². The van der Waals surface area contributed by atoms with Gasteiger partial charge in [0, 0.05) is 24.2 Å². The van der Waals surface area contributed by atoms with Crippen molar-refractivity contribution in [3.8, 4) is 0 Å². The molecule has 27 heavy (non-hydrogen) atoms. The summed E-state index contributed by atoms with van der Waals surface area (Å²) in [6.07, 6.45) is 1.53. The second-order valence-corrected chi connectivity index (χ2v) is 6.29. The van der Waals surface area contributed by atoms with Crippen molar-refractivity contribution in [2.24, 2.45) is 0 Å². The van der Waals surface area contributed by atoms with E-state index in [1.165, 1.54) is 12.3 Å². The third-order valence-electron chi connectivity index (χ3n) is 4.35. The lowest BCUT2D eigenvalue weighted by molar-refractivity contribution is 0.102. The van der Waals surface area contributed by atoms with E-state index < -0.39 is 17.5 Å². The molecule has 3 rings (SSSR count). The molecular formula is C20H19F2N3O2. The smallest absolute Gasteiger partial charge is 0.255 e. The summed E-state index contributed by atoms with van der Waals surface area (Å²) < 4.78 is 31.6. The van der Waals surface area contributed by atoms with Crippen molar-refractivity contribution in [2.45, 2.75) is 19.5 Å². The number of halogens is 2. The maximum atomic E-state index is 13.7. The number of aromatic nitrogens is 1. The first-order chi connectivity index (χ1) is 12.9. The van der Waals surface area contributed by atoms with Gasteiger partial charge in [0.25, 0.3) is 5.91 Å². The standard InChI is InChI=1S/C20H19F2N3O2/c1-13(18-8-9-27-24-18)25(2)12-14-4-3-5-15(10-14)20(26)23-19-7-6-16(21)11-17(19)22/h3-11,13H,12H2,1-2H3,(H,23,26). The summed E-state index contributed by atoms with van der Waals surface area (Å²) in [5.41, 5.74) is 2.06. The number of anilines is 1. The minimum absolute atomic E-state index is 0.0366. The molecule has 1 N–H and O–H groups in total. The van der Waals surface area contributed by atoms with Crippen LogP contribution in [0, 0.1) is 11.6 Å². The lowest BCUT2D eigenvalue weighted by Gasteiger charge is -2.23. The third kappa shape index (κ3) is 4.57. The minimum Gasteiger partial charge on any atom is -0.364 e. The van der Waals surface area contributed by atoms with E-state index in [2.05, 4.69) is 15.4 Å². The van der Waals surface area contributed by atoms with Crippen LogP contribution in [0.2, 0.25) is 0 Å². The number of benzene rings is 2. The first kappa shape index (κ1) is 18.7. The monoisotopic (exact) mass is 371 g/mol. The van der Waals surface area contributed by atoms with Gasteiger partial charge >= 0.3 is 0 Å². The molecule has 1 atom stereocenters. The molecule has 1 aromatic heterocycles. The molecule has 0 saturated heterocycles. The normalized spacial score (nSPS) is 12.2. The van der Waals surface area contributed by atoms with E-state index >= 15 is 0 Å². The Morgan fingerprint density at radius 3 is 2.74 bits per heavy atom. The highest BCUT2D eigenvalue weighted by molar-refractivity contribution is 6.04. The van der Waals surface area contributed by atoms with Crippen molar-refractivity contribution in [1.29, 1.82) is 0 Å². The van der Waals surface area contributed by atoms with Crippen LogP contribution in [0.25, 0.3) is 0 Å². The fraction of sp³-hybridized carbons (Fsp3) is 0.200. The first-order valence-corrected chi connectivity index (χ1v) is 8.40. The summed E-state index contributed by atoms with van der Waals surface area (Å²) in [5.74, 6) is -1.98. The molecule has 5 nitrogen and oxygen atoms in total. The highest BCUT2D eigenvalue weighted by Gasteiger charge is 2.16. The van der Waals surface area contributed by atoms with Crippen LogP contribution in [0.3, 0.4) is 0 Å². The average Bonchev–Trinajstić information content (AvgIpc) is 3.18. The van der Waals surface area contributed by atoms with E-state index in [0.717, 1.165) is 23.4 Å². The molecule has 0 aliphatic heterocycles. The zero-order valence-corrected chi connectivity index (χ0v) is 14.9. The van der Waals surface area contributed by atoms with E-state index in [-0.39, 0.29) is 11.7 Å². The van der Waals surface area contributed by atoms with Crippen molar-refractivity contribution in [2.75, 3.05) is 12.4 Å². The van der Waals surface area contributed by atoms with E-state index in [1.807, 2.05) is 26.1 Å². The zero-order chi connectivity index (χ0) is 19.4. The Hall–Kier alpha value is -3.06. The number of rotatable bonds is 6. The maximum Gasteiger partial charge on any atom is 0.255 e. The van der Waals surface area contributed by atoms with Gasteiger partial charge in [-0.05, 0) is 43.8 Å². The fourth-order valence-electron chi connectivity index (χ4n) is 2.68. The SMILES string of the molecule is CC(c1ccon1)N(C)Cc1cccc(C(=O)Nc2ccc(F)cc2F)c1. The van der Waals surface area contributed by atoms with Crippen LogP contribution in [0.15, 0.2) is 59.3 Å². The molecule has 140 valence electrons. The summed E-state index contributed by atoms with van der Waals surface area (Å²) in [6.45, 7) is 2.59. The molecule has 0 radical (unpaired) electrons. The Kier molecular flexibility index (Phi) is 5.61. The van der Waals surface area contributed by atoms with Crippen LogP contribution < -0.4 is 5.32 Å². The average molecular weight is 371 g/mol. The minimum atomic E-state index is -0.819. The molecule has 7 heteroatoms. The number of hydrogen-bond acceptors (Lipinski definition) is 4. The summed E-state index contributed by atoms with van der Waals surface area (Å²) >= 11 is 0. The van der Waals surface area contributed by atoms with Crippen molar-refractivity contribution in [1.82, 2.24) is 10.1 Å². The van der Waals surface area contributed by atoms with Crippen LogP contribution in [0.5, 0.6) is 0 Å². The highest BCUT2D eigenvalue weighted by Crippen LogP contribution is 2.20. The van der Waals surface area contributed by atoms with Gasteiger partial charge in [-0.3, -0.25) is 9.69 Å². The predicted molar refractivity (Wildman–Crippen MR) is 97.1 cm³/mol. The van der Waals surface area contributed by atoms with Crippen LogP contribution in [0.1, 0.15) is 34.6 Å². The van der Waals surface area contributed by atoms with Crippen molar-refractivity contribution in [3.05, 3.63) is 83.2 Å². The molecule has 0 fully saturated rings. The molecule has 2 aromatic carbocycles. The van der Waals surface area contributed by atoms with E-state index in [1.54, 1.807) is 18.2 Å². The largest absolute Gasteiger partial charge is 0.364 e. The second kappa shape index (κ2) is 8.09. The molecule has 0 saturated carbocycles. The molecule has 0 aliphatic rings. The number of nitrogens with zero attached hydrogens (tertiary/aromatic N) is 2. The lowest BCUT2D eigenvalue weighted by atomic mass is 10.1.